The molecule has 0 aromatic rings. The quantitative estimate of drug-likeness (QED) is 0.0601. The number of halogens is 6. The fraction of sp³-hybridized carbons (Fsp3) is 0.750. The van der Waals surface area contributed by atoms with Gasteiger partial charge in [-0.3, -0.25) is 0 Å². The van der Waals surface area contributed by atoms with Crippen LogP contribution in [0.5, 0.6) is 0 Å². The number of rotatable bonds is 12. The van der Waals surface area contributed by atoms with Gasteiger partial charge in [0.25, 0.3) is 0 Å². The molecule has 17 heteroatoms. The Labute approximate surface area is 334 Å². The summed E-state index contributed by atoms with van der Waals surface area (Å²) in [7, 11) is -7.59. The first-order chi connectivity index (χ1) is 20.9. The summed E-state index contributed by atoms with van der Waals surface area (Å²) in [5, 5.41) is 0. The Morgan fingerprint density at radius 3 is 0.449 bits per heavy atom. The Morgan fingerprint density at radius 1 is 0.367 bits per heavy atom. The summed E-state index contributed by atoms with van der Waals surface area (Å²) in [6.07, 6.45) is 41.6. The van der Waals surface area contributed by atoms with Crippen LogP contribution < -0.4 is 0 Å². The molecule has 49 heavy (non-hydrogen) atoms. The number of hydrogen-bond donors (Lipinski definition) is 0. The summed E-state index contributed by atoms with van der Waals surface area (Å²) < 4.78 is 59.2. The third kappa shape index (κ3) is 214. The van der Waals surface area contributed by atoms with E-state index in [1.54, 1.807) is 11.8 Å². The molecule has 1 radical (unpaired) electrons. The van der Waals surface area contributed by atoms with Gasteiger partial charge in [-0.15, -0.1) is 63.4 Å². The van der Waals surface area contributed by atoms with Crippen LogP contribution in [0.3, 0.4) is 0 Å². The van der Waals surface area contributed by atoms with Crippen molar-refractivity contribution in [1.29, 1.82) is 0 Å². The van der Waals surface area contributed by atoms with E-state index in [2.05, 4.69) is 119 Å². The summed E-state index contributed by atoms with van der Waals surface area (Å²) in [6.45, 7) is 37.7. The second-order valence-electron chi connectivity index (χ2n) is 11.6. The molecule has 0 saturated carbocycles. The van der Waals surface area contributed by atoms with Crippen molar-refractivity contribution in [2.75, 3.05) is 156 Å². The molecule has 0 saturated heterocycles. The average molecular weight is 954 g/mol. The molecule has 0 rings (SSSR count). The van der Waals surface area contributed by atoms with Gasteiger partial charge < -0.3 is 50.4 Å². The molecule has 295 valence electrons. The Kier molecular flexibility index (Phi) is 73.1. The van der Waals surface area contributed by atoms with Crippen molar-refractivity contribution < 1.29 is 59.3 Å². The van der Waals surface area contributed by atoms with Crippen LogP contribution >= 0.6 is 71.2 Å². The van der Waals surface area contributed by atoms with E-state index in [0.717, 1.165) is 0 Å². The molecule has 0 aliphatic rings. The van der Waals surface area contributed by atoms with Crippen molar-refractivity contribution in [3.63, 3.8) is 0 Å². The monoisotopic (exact) mass is 953 g/mol. The van der Waals surface area contributed by atoms with Crippen molar-refractivity contribution in [3.8, 4) is 24.7 Å². The van der Waals surface area contributed by atoms with Gasteiger partial charge in [-0.25, -0.2) is 0 Å². The zero-order valence-electron chi connectivity index (χ0n) is 32.9. The van der Waals surface area contributed by atoms with E-state index in [0.29, 0.717) is 63.4 Å². The van der Waals surface area contributed by atoms with Gasteiger partial charge in [0.1, 0.15) is 0 Å². The summed E-state index contributed by atoms with van der Waals surface area (Å²) >= 11 is 0. The molecular formula is C32H66F6Mn2P9. The fourth-order valence-corrected chi connectivity index (χ4v) is 14.4. The molecular weight excluding hydrogens is 887 g/mol. The van der Waals surface area contributed by atoms with Crippen LogP contribution in [0.4, 0.5) is 25.2 Å². The van der Waals surface area contributed by atoms with Gasteiger partial charge in [0.05, 0.1) is 0 Å². The van der Waals surface area contributed by atoms with Crippen LogP contribution in [0.15, 0.2) is 0 Å². The van der Waals surface area contributed by atoms with Crippen LogP contribution in [-0.4, -0.2) is 156 Å². The second-order valence-corrected chi connectivity index (χ2v) is 34.4. The van der Waals surface area contributed by atoms with Crippen LogP contribution in [0, 0.1) is 50.4 Å². The minimum absolute atomic E-state index is 0. The molecule has 0 spiro atoms. The van der Waals surface area contributed by atoms with E-state index in [9.17, 15) is 25.2 Å². The first kappa shape index (κ1) is 76.4. The van der Waals surface area contributed by atoms with Crippen molar-refractivity contribution in [2.24, 2.45) is 0 Å². The Balaban J connectivity index is -0.0000000456. The van der Waals surface area contributed by atoms with E-state index in [1.807, 2.05) is 0 Å². The van der Waals surface area contributed by atoms with Gasteiger partial charge in [0.15, 0.2) is 0 Å². The van der Waals surface area contributed by atoms with Gasteiger partial charge in [0.2, 0.25) is 0 Å². The molecule has 0 heterocycles. The van der Waals surface area contributed by atoms with E-state index in [4.69, 9.17) is 25.7 Å². The summed E-state index contributed by atoms with van der Waals surface area (Å²) in [4.78, 5) is 0. The third-order valence-electron chi connectivity index (χ3n) is 4.04. The van der Waals surface area contributed by atoms with Crippen molar-refractivity contribution >= 4 is 71.2 Å². The summed E-state index contributed by atoms with van der Waals surface area (Å²) in [5.74, 6) is 3.19. The Hall–Kier alpha value is 2.73. The van der Waals surface area contributed by atoms with E-state index >= 15 is 0 Å². The van der Waals surface area contributed by atoms with Gasteiger partial charge in [0, 0.05) is 0 Å². The van der Waals surface area contributed by atoms with E-state index < -0.39 is 7.81 Å². The van der Waals surface area contributed by atoms with Crippen LogP contribution in [0.1, 0.15) is 0 Å². The molecule has 0 bridgehead atoms. The average Bonchev–Trinajstić information content (AvgIpc) is 2.90. The zero-order valence-corrected chi connectivity index (χ0v) is 43.3. The Morgan fingerprint density at radius 2 is 0.429 bits per heavy atom. The summed E-state index contributed by atoms with van der Waals surface area (Å²) in [5.41, 5.74) is 0. The molecule has 0 aromatic carbocycles. The van der Waals surface area contributed by atoms with Crippen molar-refractivity contribution in [3.05, 3.63) is 25.7 Å². The summed E-state index contributed by atoms with van der Waals surface area (Å²) in [6, 6.07) is 0. The first-order valence-electron chi connectivity index (χ1n) is 14.0. The van der Waals surface area contributed by atoms with Gasteiger partial charge in [-0.2, -0.15) is 0 Å². The predicted molar refractivity (Wildman–Crippen MR) is 233 cm³/mol. The van der Waals surface area contributed by atoms with Crippen LogP contribution in [0.25, 0.3) is 0 Å². The fourth-order valence-electron chi connectivity index (χ4n) is 1.60. The zero-order chi connectivity index (χ0) is 40.1. The van der Waals surface area contributed by atoms with Gasteiger partial charge in [-0.1, -0.05) is 0 Å². The molecule has 0 fully saturated rings. The largest absolute Gasteiger partial charge is 3.00 e. The van der Waals surface area contributed by atoms with Gasteiger partial charge in [-0.05, 0) is 156 Å². The molecule has 0 N–H and O–H groups in total. The smallest absolute Gasteiger partial charge is 0.697 e. The third-order valence-corrected chi connectivity index (χ3v) is 14.4. The van der Waals surface area contributed by atoms with Gasteiger partial charge >= 0.3 is 67.1 Å². The SMILES string of the molecule is CP(C)CCP(C)C.CP(C)CCP(C)C.CP(C)CCP(C)C.CP(C)CCP(C)C.F[P-](F)(F)(F)(F)F.[C-]#C.[C-]#C.[C-]#CC#[C-].[Mn+2].[Mn+3]. The topological polar surface area (TPSA) is 0 Å². The molecule has 0 nitrogen and oxygen atoms in total. The standard InChI is InChI=1S/4C6H16P2.C4.2C2H.F6P.2Mn/c4*1-7(2)5-6-8(3)4;1-3-4-2;2*1-2;1-7(2,3,4,5)6;;/h4*5-6H2,1-4H3;;2*1H;;;/q;;;;-2;3*-1;+2;+3. The molecule has 0 aliphatic heterocycles. The minimum Gasteiger partial charge on any atom is -0.697 e. The number of terminal acetylenes is 2. The molecule has 0 aliphatic carbocycles. The molecule has 0 atom stereocenters. The molecule has 0 amide bonds. The minimum atomic E-state index is -10.7. The van der Waals surface area contributed by atoms with Crippen LogP contribution in [0.2, 0.25) is 0 Å². The molecule has 0 unspecified atom stereocenters. The normalized spacial score (nSPS) is 10.9. The predicted octanol–water partition coefficient (Wildman–Crippen LogP) is 13.8. The second kappa shape index (κ2) is 46.9. The van der Waals surface area contributed by atoms with Crippen LogP contribution in [-0.2, 0) is 34.1 Å². The van der Waals surface area contributed by atoms with E-state index in [-0.39, 0.29) is 34.1 Å². The Bertz CT molecular complexity index is 635. The van der Waals surface area contributed by atoms with Crippen molar-refractivity contribution in [2.45, 2.75) is 0 Å². The number of hydrogen-bond acceptors (Lipinski definition) is 0. The molecule has 0 aromatic heterocycles. The maximum absolute atomic E-state index is 10.7. The first-order valence-corrected chi connectivity index (χ1v) is 35.4. The maximum atomic E-state index is 9.87. The maximum Gasteiger partial charge on any atom is 3.00 e. The van der Waals surface area contributed by atoms with E-state index in [1.165, 1.54) is 49.3 Å². The van der Waals surface area contributed by atoms with Crippen molar-refractivity contribution in [1.82, 2.24) is 0 Å².